The van der Waals surface area contributed by atoms with E-state index in [1.165, 1.54) is 24.1 Å². The average molecular weight is 388 g/mol. The molecule has 0 N–H and O–H groups in total. The number of hydrogen-bond donors (Lipinski definition) is 0. The molecule has 4 rings (SSSR count). The number of likely N-dealkylation sites (tertiary alicyclic amines) is 1. The molecule has 0 radical (unpaired) electrons. The van der Waals surface area contributed by atoms with E-state index in [9.17, 15) is 4.39 Å². The fraction of sp³-hybridized carbons (Fsp3) is 0.455. The Kier molecular flexibility index (Phi) is 5.96. The van der Waals surface area contributed by atoms with Crippen molar-refractivity contribution in [3.05, 3.63) is 64.9 Å². The molecule has 2 aliphatic heterocycles. The van der Waals surface area contributed by atoms with Gasteiger partial charge >= 0.3 is 0 Å². The smallest absolute Gasteiger partial charge is 0.123 e. The zero-order chi connectivity index (χ0) is 18.6. The van der Waals surface area contributed by atoms with Crippen LogP contribution < -0.4 is 4.90 Å². The largest absolute Gasteiger partial charge is 0.369 e. The van der Waals surface area contributed by atoms with Crippen molar-refractivity contribution in [3.8, 4) is 0 Å². The maximum atomic E-state index is 13.1. The molecule has 144 valence electrons. The van der Waals surface area contributed by atoms with Crippen LogP contribution in [0.25, 0.3) is 0 Å². The Morgan fingerprint density at radius 1 is 0.963 bits per heavy atom. The third-order valence-corrected chi connectivity index (χ3v) is 6.04. The minimum absolute atomic E-state index is 0.159. The lowest BCUT2D eigenvalue weighted by Crippen LogP contribution is -2.55. The lowest BCUT2D eigenvalue weighted by molar-refractivity contribution is 0.0887. The number of hydrogen-bond acceptors (Lipinski definition) is 3. The third kappa shape index (κ3) is 4.81. The van der Waals surface area contributed by atoms with Crippen LogP contribution in [0.3, 0.4) is 0 Å². The van der Waals surface area contributed by atoms with Crippen molar-refractivity contribution < 1.29 is 4.39 Å². The Morgan fingerprint density at radius 2 is 1.74 bits per heavy atom. The third-order valence-electron chi connectivity index (χ3n) is 5.80. The van der Waals surface area contributed by atoms with Gasteiger partial charge in [0.05, 0.1) is 0 Å². The molecule has 0 aliphatic carbocycles. The molecule has 2 heterocycles. The van der Waals surface area contributed by atoms with Crippen molar-refractivity contribution in [2.45, 2.75) is 25.4 Å². The van der Waals surface area contributed by atoms with Crippen molar-refractivity contribution in [1.82, 2.24) is 9.80 Å². The minimum atomic E-state index is -0.159. The van der Waals surface area contributed by atoms with Crippen molar-refractivity contribution in [1.29, 1.82) is 0 Å². The summed E-state index contributed by atoms with van der Waals surface area (Å²) in [5.74, 6) is -0.159. The van der Waals surface area contributed by atoms with Gasteiger partial charge in [-0.3, -0.25) is 9.80 Å². The number of piperazine rings is 1. The first-order valence-electron chi connectivity index (χ1n) is 9.89. The topological polar surface area (TPSA) is 9.72 Å². The van der Waals surface area contributed by atoms with Crippen LogP contribution in [0.1, 0.15) is 18.4 Å². The number of benzene rings is 2. The van der Waals surface area contributed by atoms with Gasteiger partial charge in [-0.1, -0.05) is 29.8 Å². The second-order valence-electron chi connectivity index (χ2n) is 7.66. The summed E-state index contributed by atoms with van der Waals surface area (Å²) in [7, 11) is 0. The Hall–Kier alpha value is -1.62. The fourth-order valence-electron chi connectivity index (χ4n) is 4.34. The van der Waals surface area contributed by atoms with Crippen LogP contribution in [0.5, 0.6) is 0 Å². The molecular formula is C22H27ClFN3. The Bertz CT molecular complexity index is 743. The highest BCUT2D eigenvalue weighted by Gasteiger charge is 2.28. The van der Waals surface area contributed by atoms with E-state index in [0.29, 0.717) is 6.04 Å². The molecule has 0 aromatic heterocycles. The quantitative estimate of drug-likeness (QED) is 0.775. The molecular weight excluding hydrogens is 361 g/mol. The zero-order valence-corrected chi connectivity index (χ0v) is 16.4. The number of piperidine rings is 1. The van der Waals surface area contributed by atoms with Crippen molar-refractivity contribution in [2.75, 3.05) is 44.2 Å². The van der Waals surface area contributed by atoms with Crippen LogP contribution in [-0.2, 0) is 6.54 Å². The SMILES string of the molecule is Fc1ccc(CN2CCC[C@H](N3CCN(c4cccc(Cl)c4)CC3)C2)cc1. The predicted molar refractivity (Wildman–Crippen MR) is 110 cm³/mol. The molecule has 0 bridgehead atoms. The van der Waals surface area contributed by atoms with Gasteiger partial charge in [0.2, 0.25) is 0 Å². The molecule has 27 heavy (non-hydrogen) atoms. The molecule has 1 atom stereocenters. The molecule has 2 aromatic rings. The monoisotopic (exact) mass is 387 g/mol. The molecule has 2 saturated heterocycles. The van der Waals surface area contributed by atoms with Crippen LogP contribution >= 0.6 is 11.6 Å². The van der Waals surface area contributed by atoms with Gasteiger partial charge in [0.1, 0.15) is 5.82 Å². The number of anilines is 1. The molecule has 2 aromatic carbocycles. The lowest BCUT2D eigenvalue weighted by Gasteiger charge is -2.44. The first-order chi connectivity index (χ1) is 13.2. The first kappa shape index (κ1) is 18.7. The summed E-state index contributed by atoms with van der Waals surface area (Å²) in [6, 6.07) is 15.7. The summed E-state index contributed by atoms with van der Waals surface area (Å²) in [6.07, 6.45) is 2.51. The van der Waals surface area contributed by atoms with E-state index in [1.54, 1.807) is 12.1 Å². The van der Waals surface area contributed by atoms with E-state index >= 15 is 0 Å². The number of nitrogens with zero attached hydrogens (tertiary/aromatic N) is 3. The van der Waals surface area contributed by atoms with E-state index < -0.39 is 0 Å². The summed E-state index contributed by atoms with van der Waals surface area (Å²) in [6.45, 7) is 7.46. The summed E-state index contributed by atoms with van der Waals surface area (Å²) < 4.78 is 13.1. The Morgan fingerprint density at radius 3 is 2.48 bits per heavy atom. The molecule has 0 unspecified atom stereocenters. The zero-order valence-electron chi connectivity index (χ0n) is 15.7. The van der Waals surface area contributed by atoms with Gasteiger partial charge in [-0.15, -0.1) is 0 Å². The van der Waals surface area contributed by atoms with E-state index in [0.717, 1.165) is 50.8 Å². The second-order valence-corrected chi connectivity index (χ2v) is 8.10. The van der Waals surface area contributed by atoms with Crippen LogP contribution in [0, 0.1) is 5.82 Å². The highest BCUT2D eigenvalue weighted by atomic mass is 35.5. The maximum Gasteiger partial charge on any atom is 0.123 e. The van der Waals surface area contributed by atoms with Crippen molar-refractivity contribution in [2.24, 2.45) is 0 Å². The van der Waals surface area contributed by atoms with Crippen LogP contribution in [0.15, 0.2) is 48.5 Å². The van der Waals surface area contributed by atoms with E-state index in [1.807, 2.05) is 24.3 Å². The van der Waals surface area contributed by atoms with Gasteiger partial charge < -0.3 is 4.90 Å². The lowest BCUT2D eigenvalue weighted by atomic mass is 10.0. The van der Waals surface area contributed by atoms with E-state index in [-0.39, 0.29) is 5.82 Å². The Balaban J connectivity index is 1.31. The van der Waals surface area contributed by atoms with Crippen molar-refractivity contribution >= 4 is 17.3 Å². The normalized spacial score (nSPS) is 22.1. The van der Waals surface area contributed by atoms with Gasteiger partial charge in [0.25, 0.3) is 0 Å². The Labute approximate surface area is 166 Å². The van der Waals surface area contributed by atoms with E-state index in [4.69, 9.17) is 11.6 Å². The van der Waals surface area contributed by atoms with Crippen LogP contribution in [0.4, 0.5) is 10.1 Å². The van der Waals surface area contributed by atoms with Crippen molar-refractivity contribution in [3.63, 3.8) is 0 Å². The van der Waals surface area contributed by atoms with Gasteiger partial charge in [0.15, 0.2) is 0 Å². The first-order valence-corrected chi connectivity index (χ1v) is 10.3. The maximum absolute atomic E-state index is 13.1. The fourth-order valence-corrected chi connectivity index (χ4v) is 4.52. The molecule has 2 aliphatic rings. The molecule has 0 saturated carbocycles. The van der Waals surface area contributed by atoms with Crippen LogP contribution in [0.2, 0.25) is 5.02 Å². The summed E-state index contributed by atoms with van der Waals surface area (Å²) in [5, 5.41) is 0.804. The molecule has 0 spiro atoms. The predicted octanol–water partition coefficient (Wildman–Crippen LogP) is 4.27. The molecule has 5 heteroatoms. The van der Waals surface area contributed by atoms with Gasteiger partial charge in [-0.2, -0.15) is 0 Å². The highest BCUT2D eigenvalue weighted by molar-refractivity contribution is 6.30. The molecule has 2 fully saturated rings. The van der Waals surface area contributed by atoms with E-state index in [2.05, 4.69) is 26.8 Å². The number of halogens is 2. The summed E-state index contributed by atoms with van der Waals surface area (Å²) >= 11 is 6.14. The summed E-state index contributed by atoms with van der Waals surface area (Å²) in [4.78, 5) is 7.60. The minimum Gasteiger partial charge on any atom is -0.369 e. The summed E-state index contributed by atoms with van der Waals surface area (Å²) in [5.41, 5.74) is 2.42. The van der Waals surface area contributed by atoms with Gasteiger partial charge in [-0.25, -0.2) is 4.39 Å². The molecule has 3 nitrogen and oxygen atoms in total. The second kappa shape index (κ2) is 8.59. The molecule has 0 amide bonds. The van der Waals surface area contributed by atoms with Crippen LogP contribution in [-0.4, -0.2) is 55.1 Å². The standard InChI is InChI=1S/C22H27ClFN3/c23-19-3-1-4-21(15-19)26-11-13-27(14-12-26)22-5-2-10-25(17-22)16-18-6-8-20(24)9-7-18/h1,3-4,6-9,15,22H,2,5,10-14,16-17H2/t22-/m0/s1. The average Bonchev–Trinajstić information content (AvgIpc) is 2.70. The van der Waals surface area contributed by atoms with Gasteiger partial charge in [-0.05, 0) is 55.3 Å². The van der Waals surface area contributed by atoms with Gasteiger partial charge in [0, 0.05) is 56.0 Å². The number of rotatable bonds is 4. The highest BCUT2D eigenvalue weighted by Crippen LogP contribution is 2.23.